The van der Waals surface area contributed by atoms with Gasteiger partial charge in [0.2, 0.25) is 0 Å². The number of aromatic nitrogens is 1. The summed E-state index contributed by atoms with van der Waals surface area (Å²) in [6.45, 7) is 4.94. The van der Waals surface area contributed by atoms with Gasteiger partial charge in [0.15, 0.2) is 0 Å². The Balaban J connectivity index is 1.92. The molecule has 1 aromatic rings. The number of nitrogens with one attached hydrogen (secondary N) is 1. The first-order valence-electron chi connectivity index (χ1n) is 5.39. The average molecular weight is 198 g/mol. The molecule has 3 rings (SSSR count). The van der Waals surface area contributed by atoms with Crippen molar-refractivity contribution >= 4 is 11.6 Å². The number of rotatable bonds is 2. The van der Waals surface area contributed by atoms with E-state index in [0.717, 1.165) is 11.5 Å². The van der Waals surface area contributed by atoms with Gasteiger partial charge in [-0.2, -0.15) is 0 Å². The van der Waals surface area contributed by atoms with Crippen LogP contribution in [-0.2, 0) is 0 Å². The fraction of sp³-hybridized carbons (Fsp3) is 0.308. The second-order valence-electron chi connectivity index (χ2n) is 4.30. The van der Waals surface area contributed by atoms with Crippen LogP contribution in [0.25, 0.3) is 11.6 Å². The Bertz CT molecular complexity index is 434. The van der Waals surface area contributed by atoms with Crippen LogP contribution in [0.5, 0.6) is 0 Å². The monoisotopic (exact) mass is 198 g/mol. The lowest BCUT2D eigenvalue weighted by atomic mass is 9.93. The van der Waals surface area contributed by atoms with E-state index in [2.05, 4.69) is 29.0 Å². The molecule has 1 aliphatic carbocycles. The van der Waals surface area contributed by atoms with E-state index < -0.39 is 0 Å². The molecule has 0 aromatic carbocycles. The SMILES string of the molecule is C=Cc1cncc(C2=C[C@@H]3NC[C@@H]3C2)c1. The molecule has 1 aliphatic heterocycles. The molecule has 1 aromatic heterocycles. The molecular formula is C13H14N2. The molecule has 1 saturated heterocycles. The van der Waals surface area contributed by atoms with Crippen molar-refractivity contribution in [2.45, 2.75) is 12.5 Å². The molecule has 1 fully saturated rings. The lowest BCUT2D eigenvalue weighted by molar-refractivity contribution is 0.301. The Morgan fingerprint density at radius 1 is 1.47 bits per heavy atom. The minimum Gasteiger partial charge on any atom is -0.310 e. The number of hydrogen-bond donors (Lipinski definition) is 1. The fourth-order valence-electron chi connectivity index (χ4n) is 2.34. The molecule has 2 heterocycles. The summed E-state index contributed by atoms with van der Waals surface area (Å²) in [4.78, 5) is 4.24. The quantitative estimate of drug-likeness (QED) is 0.787. The van der Waals surface area contributed by atoms with Crippen molar-refractivity contribution in [3.05, 3.63) is 42.2 Å². The van der Waals surface area contributed by atoms with Crippen LogP contribution >= 0.6 is 0 Å². The van der Waals surface area contributed by atoms with Crippen LogP contribution in [-0.4, -0.2) is 17.6 Å². The summed E-state index contributed by atoms with van der Waals surface area (Å²) in [7, 11) is 0. The van der Waals surface area contributed by atoms with Crippen molar-refractivity contribution in [1.82, 2.24) is 10.3 Å². The summed E-state index contributed by atoms with van der Waals surface area (Å²) < 4.78 is 0. The van der Waals surface area contributed by atoms with Crippen LogP contribution in [0, 0.1) is 5.92 Å². The van der Waals surface area contributed by atoms with Gasteiger partial charge in [-0.15, -0.1) is 0 Å². The zero-order valence-corrected chi connectivity index (χ0v) is 8.61. The minimum absolute atomic E-state index is 0.618. The summed E-state index contributed by atoms with van der Waals surface area (Å²) in [5.41, 5.74) is 3.79. The van der Waals surface area contributed by atoms with Gasteiger partial charge in [0.25, 0.3) is 0 Å². The summed E-state index contributed by atoms with van der Waals surface area (Å²) in [5.74, 6) is 0.826. The molecule has 0 radical (unpaired) electrons. The zero-order chi connectivity index (χ0) is 10.3. The molecule has 2 aliphatic rings. The van der Waals surface area contributed by atoms with Crippen LogP contribution in [0.15, 0.2) is 31.1 Å². The molecule has 0 amide bonds. The smallest absolute Gasteiger partial charge is 0.0343 e. The molecule has 2 heteroatoms. The molecule has 2 atom stereocenters. The number of fused-ring (bicyclic) bond motifs is 1. The predicted octanol–water partition coefficient (Wildman–Crippen LogP) is 2.10. The first kappa shape index (κ1) is 8.86. The standard InChI is InChI=1S/C13H14N2/c1-2-9-3-11(7-14-6-9)10-4-12-8-15-13(12)5-10/h2-3,5-7,12-13,15H,1,4,8H2/t12-,13-/m0/s1. The van der Waals surface area contributed by atoms with Gasteiger partial charge in [0.1, 0.15) is 0 Å². The maximum atomic E-state index is 4.24. The highest BCUT2D eigenvalue weighted by atomic mass is 15.0. The van der Waals surface area contributed by atoms with E-state index in [-0.39, 0.29) is 0 Å². The largest absolute Gasteiger partial charge is 0.310 e. The van der Waals surface area contributed by atoms with Crippen LogP contribution in [0.2, 0.25) is 0 Å². The zero-order valence-electron chi connectivity index (χ0n) is 8.61. The Hall–Kier alpha value is -1.41. The lowest BCUT2D eigenvalue weighted by Crippen LogP contribution is -2.49. The minimum atomic E-state index is 0.618. The maximum Gasteiger partial charge on any atom is 0.0343 e. The third-order valence-corrected chi connectivity index (χ3v) is 3.35. The Kier molecular flexibility index (Phi) is 1.96. The van der Waals surface area contributed by atoms with Crippen LogP contribution < -0.4 is 5.32 Å². The third-order valence-electron chi connectivity index (χ3n) is 3.35. The van der Waals surface area contributed by atoms with Crippen molar-refractivity contribution in [2.24, 2.45) is 5.92 Å². The highest BCUT2D eigenvalue weighted by Gasteiger charge is 2.34. The van der Waals surface area contributed by atoms with Gasteiger partial charge in [-0.3, -0.25) is 4.98 Å². The Labute approximate surface area is 89.7 Å². The molecular weight excluding hydrogens is 184 g/mol. The Morgan fingerprint density at radius 3 is 3.00 bits per heavy atom. The summed E-state index contributed by atoms with van der Waals surface area (Å²) in [5, 5.41) is 3.42. The van der Waals surface area contributed by atoms with Gasteiger partial charge in [-0.05, 0) is 35.1 Å². The maximum absolute atomic E-state index is 4.24. The first-order chi connectivity index (χ1) is 7.36. The highest BCUT2D eigenvalue weighted by Crippen LogP contribution is 2.36. The molecule has 0 unspecified atom stereocenters. The molecule has 1 N–H and O–H groups in total. The van der Waals surface area contributed by atoms with Gasteiger partial charge >= 0.3 is 0 Å². The van der Waals surface area contributed by atoms with Gasteiger partial charge in [-0.25, -0.2) is 0 Å². The number of nitrogens with zero attached hydrogens (tertiary/aromatic N) is 1. The van der Waals surface area contributed by atoms with E-state index >= 15 is 0 Å². The molecule has 2 nitrogen and oxygen atoms in total. The summed E-state index contributed by atoms with van der Waals surface area (Å²) in [6.07, 6.45) is 9.18. The number of pyridine rings is 1. The second-order valence-corrected chi connectivity index (χ2v) is 4.30. The summed E-state index contributed by atoms with van der Waals surface area (Å²) in [6, 6.07) is 2.78. The van der Waals surface area contributed by atoms with Gasteiger partial charge in [0.05, 0.1) is 0 Å². The van der Waals surface area contributed by atoms with Crippen LogP contribution in [0.4, 0.5) is 0 Å². The van der Waals surface area contributed by atoms with Crippen LogP contribution in [0.3, 0.4) is 0 Å². The van der Waals surface area contributed by atoms with E-state index in [9.17, 15) is 0 Å². The van der Waals surface area contributed by atoms with E-state index in [4.69, 9.17) is 0 Å². The van der Waals surface area contributed by atoms with Gasteiger partial charge in [0, 0.05) is 25.0 Å². The highest BCUT2D eigenvalue weighted by molar-refractivity contribution is 5.70. The van der Waals surface area contributed by atoms with Crippen molar-refractivity contribution in [3.63, 3.8) is 0 Å². The van der Waals surface area contributed by atoms with E-state index in [1.54, 1.807) is 0 Å². The van der Waals surface area contributed by atoms with Gasteiger partial charge in [-0.1, -0.05) is 18.7 Å². The normalized spacial score (nSPS) is 27.9. The molecule has 0 bridgehead atoms. The van der Waals surface area contributed by atoms with E-state index in [1.165, 1.54) is 24.1 Å². The van der Waals surface area contributed by atoms with E-state index in [1.807, 2.05) is 18.5 Å². The fourth-order valence-corrected chi connectivity index (χ4v) is 2.34. The van der Waals surface area contributed by atoms with Gasteiger partial charge < -0.3 is 5.32 Å². The van der Waals surface area contributed by atoms with Crippen molar-refractivity contribution in [2.75, 3.05) is 6.54 Å². The third kappa shape index (κ3) is 1.41. The summed E-state index contributed by atoms with van der Waals surface area (Å²) >= 11 is 0. The van der Waals surface area contributed by atoms with Crippen molar-refractivity contribution < 1.29 is 0 Å². The molecule has 76 valence electrons. The predicted molar refractivity (Wildman–Crippen MR) is 62.2 cm³/mol. The topological polar surface area (TPSA) is 24.9 Å². The number of allylic oxidation sites excluding steroid dienone is 1. The average Bonchev–Trinajstić information content (AvgIpc) is 2.55. The van der Waals surface area contributed by atoms with Crippen LogP contribution in [0.1, 0.15) is 17.5 Å². The molecule has 15 heavy (non-hydrogen) atoms. The van der Waals surface area contributed by atoms with E-state index in [0.29, 0.717) is 6.04 Å². The number of hydrogen-bond acceptors (Lipinski definition) is 2. The van der Waals surface area contributed by atoms with Crippen molar-refractivity contribution in [3.8, 4) is 0 Å². The Morgan fingerprint density at radius 2 is 2.40 bits per heavy atom. The molecule has 0 saturated carbocycles. The lowest BCUT2D eigenvalue weighted by Gasteiger charge is -2.31. The first-order valence-corrected chi connectivity index (χ1v) is 5.39. The van der Waals surface area contributed by atoms with Crippen molar-refractivity contribution in [1.29, 1.82) is 0 Å². The second kappa shape index (κ2) is 3.31. The molecule has 0 spiro atoms.